The molecule has 3 aliphatic rings. The fourth-order valence-electron chi connectivity index (χ4n) is 12.7. The van der Waals surface area contributed by atoms with Gasteiger partial charge in [-0.05, 0) is 37.5 Å². The molecular formula is C78H122O12Sn2. The van der Waals surface area contributed by atoms with Gasteiger partial charge in [-0.2, -0.15) is 0 Å². The molecule has 0 amide bonds. The Morgan fingerprint density at radius 2 is 0.837 bits per heavy atom. The van der Waals surface area contributed by atoms with E-state index in [1.54, 1.807) is 6.92 Å². The molecule has 0 radical (unpaired) electrons. The topological polar surface area (TPSA) is 134 Å². The number of hydrogen-bond donors (Lipinski definition) is 0. The maximum atomic E-state index is 12.7. The van der Waals surface area contributed by atoms with Crippen LogP contribution in [0, 0.1) is 12.3 Å². The zero-order valence-electron chi connectivity index (χ0n) is 58.7. The first-order valence-corrected chi connectivity index (χ1v) is 51.4. The minimum atomic E-state index is -2.75. The van der Waals surface area contributed by atoms with Gasteiger partial charge in [-0.25, -0.2) is 0 Å². The van der Waals surface area contributed by atoms with Gasteiger partial charge >= 0.3 is 445 Å². The summed E-state index contributed by atoms with van der Waals surface area (Å²) in [6, 6.07) is 24.2. The van der Waals surface area contributed by atoms with Crippen molar-refractivity contribution in [2.45, 2.75) is 280 Å². The van der Waals surface area contributed by atoms with Crippen molar-refractivity contribution in [1.82, 2.24) is 0 Å². The number of allylic oxidation sites excluding steroid dienone is 2. The summed E-state index contributed by atoms with van der Waals surface area (Å²) in [5.41, 5.74) is 3.24. The van der Waals surface area contributed by atoms with Crippen molar-refractivity contribution in [2.24, 2.45) is 0 Å². The van der Waals surface area contributed by atoms with E-state index in [9.17, 15) is 14.4 Å². The third-order valence-electron chi connectivity index (χ3n) is 18.2. The molecule has 12 nitrogen and oxygen atoms in total. The van der Waals surface area contributed by atoms with Crippen LogP contribution in [-0.4, -0.2) is 113 Å². The number of benzene rings is 3. The second kappa shape index (κ2) is 47.8. The molecule has 0 spiro atoms. The minimum absolute atomic E-state index is 0.0374. The van der Waals surface area contributed by atoms with Gasteiger partial charge in [0, 0.05) is 6.42 Å². The zero-order valence-corrected chi connectivity index (χ0v) is 64.4. The predicted octanol–water partition coefficient (Wildman–Crippen LogP) is 20.4. The van der Waals surface area contributed by atoms with Gasteiger partial charge < -0.3 is 14.2 Å². The number of rotatable bonds is 40. The molecule has 3 saturated heterocycles. The molecule has 514 valence electrons. The Kier molecular flexibility index (Phi) is 41.8. The third-order valence-corrected chi connectivity index (χ3v) is 48.5. The molecule has 3 fully saturated rings. The fourth-order valence-corrected chi connectivity index (χ4v) is 43.7. The molecule has 3 heterocycles. The van der Waals surface area contributed by atoms with Crippen LogP contribution in [0.1, 0.15) is 251 Å². The van der Waals surface area contributed by atoms with E-state index in [2.05, 4.69) is 81.9 Å². The van der Waals surface area contributed by atoms with E-state index in [0.29, 0.717) is 32.7 Å². The van der Waals surface area contributed by atoms with Crippen LogP contribution < -0.4 is 14.2 Å². The van der Waals surface area contributed by atoms with Crippen molar-refractivity contribution in [2.75, 3.05) is 39.6 Å². The quantitative estimate of drug-likeness (QED) is 0.0232. The van der Waals surface area contributed by atoms with Gasteiger partial charge in [-0.3, -0.25) is 4.79 Å². The van der Waals surface area contributed by atoms with Crippen molar-refractivity contribution < 1.29 is 57.0 Å². The van der Waals surface area contributed by atoms with Crippen LogP contribution in [0.3, 0.4) is 0 Å². The van der Waals surface area contributed by atoms with Crippen LogP contribution in [0.25, 0.3) is 0 Å². The summed E-state index contributed by atoms with van der Waals surface area (Å²) in [6.45, 7) is 27.7. The van der Waals surface area contributed by atoms with Gasteiger partial charge in [0.25, 0.3) is 0 Å². The Bertz CT molecular complexity index is 2480. The van der Waals surface area contributed by atoms with Gasteiger partial charge in [0.1, 0.15) is 5.75 Å². The monoisotopic (exact) mass is 1490 g/mol. The van der Waals surface area contributed by atoms with Gasteiger partial charge in [-0.15, -0.1) is 6.42 Å². The SMILES string of the molecule is C#C[C@H](CC(=O)OCC)c1ccc(OC2CCCCO2)cc1.C=[C]([C@H](CC(=O)OCC)c1ccc(OC2CCCCO2)cc1)[Sn]([CH2]CCC)([CH2]CCC)[CH2]CCC.CCC[CH2][Sn](/[CH]=C/[C@H](CC(=O)OCC)c1ccc(OC2CCCCO2)cc1)([CH2]CCC)[CH2]CCC. The molecule has 0 saturated carbocycles. The molecule has 0 aromatic heterocycles. The molecule has 14 heteroatoms. The number of terminal acetylenes is 1. The van der Waals surface area contributed by atoms with E-state index in [4.69, 9.17) is 55.6 Å². The van der Waals surface area contributed by atoms with E-state index >= 15 is 0 Å². The van der Waals surface area contributed by atoms with Crippen LogP contribution in [-0.2, 0) is 42.8 Å². The van der Waals surface area contributed by atoms with Crippen LogP contribution in [0.4, 0.5) is 0 Å². The van der Waals surface area contributed by atoms with Crippen molar-refractivity contribution in [3.63, 3.8) is 0 Å². The first kappa shape index (κ1) is 80.4. The van der Waals surface area contributed by atoms with Crippen LogP contribution in [0.15, 0.2) is 93.1 Å². The van der Waals surface area contributed by atoms with E-state index in [1.807, 2.05) is 62.4 Å². The summed E-state index contributed by atoms with van der Waals surface area (Å²) in [5.74, 6) is 4.36. The predicted molar refractivity (Wildman–Crippen MR) is 381 cm³/mol. The Balaban J connectivity index is 0.000000302. The summed E-state index contributed by atoms with van der Waals surface area (Å²) in [4.78, 5) is 36.8. The summed E-state index contributed by atoms with van der Waals surface area (Å²) in [5, 5.41) is 0. The molecule has 3 aromatic rings. The maximum absolute atomic E-state index is 12.7. The Labute approximate surface area is 566 Å². The second-order valence-electron chi connectivity index (χ2n) is 25.5. The van der Waals surface area contributed by atoms with Gasteiger partial charge in [-0.1, -0.05) is 18.1 Å². The molecule has 3 aromatic carbocycles. The van der Waals surface area contributed by atoms with Crippen molar-refractivity contribution in [3.8, 4) is 29.6 Å². The summed E-state index contributed by atoms with van der Waals surface area (Å²) in [6.07, 6.45) is 33.3. The Morgan fingerprint density at radius 3 is 1.18 bits per heavy atom. The molecule has 3 unspecified atom stereocenters. The van der Waals surface area contributed by atoms with E-state index in [-0.39, 0.29) is 61.0 Å². The van der Waals surface area contributed by atoms with Crippen molar-refractivity contribution >= 4 is 54.7 Å². The number of ether oxygens (including phenoxy) is 9. The average Bonchev–Trinajstić information content (AvgIpc) is 1.10. The molecule has 0 N–H and O–H groups in total. The summed E-state index contributed by atoms with van der Waals surface area (Å²) >= 11 is -5.19. The van der Waals surface area contributed by atoms with Gasteiger partial charge in [0.05, 0.1) is 25.6 Å². The average molecular weight is 1490 g/mol. The summed E-state index contributed by atoms with van der Waals surface area (Å²) in [7, 11) is 0. The molecule has 3 aliphatic heterocycles. The first-order valence-electron chi connectivity index (χ1n) is 36.2. The number of unbranched alkanes of at least 4 members (excludes halogenated alkanes) is 6. The van der Waals surface area contributed by atoms with Crippen molar-refractivity contribution in [3.05, 3.63) is 110 Å². The van der Waals surface area contributed by atoms with Gasteiger partial charge in [0.15, 0.2) is 6.29 Å². The van der Waals surface area contributed by atoms with Crippen LogP contribution in [0.5, 0.6) is 17.2 Å². The number of esters is 3. The Morgan fingerprint density at radius 1 is 0.489 bits per heavy atom. The van der Waals surface area contributed by atoms with Crippen molar-refractivity contribution in [1.29, 1.82) is 0 Å². The molecule has 6 rings (SSSR count). The molecule has 92 heavy (non-hydrogen) atoms. The van der Waals surface area contributed by atoms with Gasteiger partial charge in [0.2, 0.25) is 0 Å². The standard InChI is InChI=1S/2C18H23O4.C18H22O4.6C4H9.2Sn/c3*1-3-14(13-17(19)20-4-2)15-8-10-16(11-9-15)22-18-7-5-6-12-21-18;6*1-3-4-2;;/h8-11,14,18H,1,4-7,12-13H2,2H3;1,3,8-11,14,18H,4-7,12-13H2,2H3;1,8-11,14,18H,4-7,12-13H2,2H3;6*1,3-4H2,2H3;;/t3*14-,18?;;;;;;;;/m111......../s1. The summed E-state index contributed by atoms with van der Waals surface area (Å²) < 4.78 is 63.1. The third kappa shape index (κ3) is 30.4. The zero-order chi connectivity index (χ0) is 66.7. The molecule has 0 aliphatic carbocycles. The second-order valence-corrected chi connectivity index (χ2v) is 51.9. The molecule has 6 atom stereocenters. The normalized spacial score (nSPS) is 17.7. The first-order chi connectivity index (χ1) is 44.8. The van der Waals surface area contributed by atoms with E-state index in [0.717, 1.165) is 106 Å². The van der Waals surface area contributed by atoms with Crippen LogP contribution >= 0.6 is 0 Å². The number of hydrogen-bond acceptors (Lipinski definition) is 12. The molecular weight excluding hydrogens is 1370 g/mol. The van der Waals surface area contributed by atoms with E-state index < -0.39 is 36.8 Å². The van der Waals surface area contributed by atoms with E-state index in [1.165, 1.54) is 113 Å². The number of carbonyl (C=O) groups is 3. The molecule has 0 bridgehead atoms. The number of carbonyl (C=O) groups excluding carboxylic acids is 3. The van der Waals surface area contributed by atoms with Crippen LogP contribution in [0.2, 0.25) is 26.6 Å². The fraction of sp³-hybridized carbons (Fsp3) is 0.654. The Hall–Kier alpha value is -4.01.